The van der Waals surface area contributed by atoms with E-state index >= 15 is 0 Å². The second-order valence-electron chi connectivity index (χ2n) is 6.30. The van der Waals surface area contributed by atoms with E-state index in [1.807, 2.05) is 36.1 Å². The van der Waals surface area contributed by atoms with E-state index in [4.69, 9.17) is 4.74 Å². The van der Waals surface area contributed by atoms with Crippen LogP contribution >= 0.6 is 0 Å². The van der Waals surface area contributed by atoms with Crippen LogP contribution in [0.3, 0.4) is 0 Å². The monoisotopic (exact) mass is 369 g/mol. The van der Waals surface area contributed by atoms with E-state index in [1.165, 1.54) is 0 Å². The molecule has 0 radical (unpaired) electrons. The smallest absolute Gasteiger partial charge is 0.258 e. The first kappa shape index (κ1) is 18.6. The summed E-state index contributed by atoms with van der Waals surface area (Å²) in [4.78, 5) is 36.4. The summed E-state index contributed by atoms with van der Waals surface area (Å²) < 4.78 is 5.41. The molecule has 1 aromatic heterocycles. The van der Waals surface area contributed by atoms with Gasteiger partial charge in [0.25, 0.3) is 5.91 Å². The topological polar surface area (TPSA) is 87.7 Å². The van der Waals surface area contributed by atoms with Gasteiger partial charge < -0.3 is 19.9 Å². The van der Waals surface area contributed by atoms with Crippen LogP contribution in [0.2, 0.25) is 0 Å². The van der Waals surface area contributed by atoms with Gasteiger partial charge in [-0.3, -0.25) is 9.59 Å². The fourth-order valence-corrected chi connectivity index (χ4v) is 2.73. The minimum Gasteiger partial charge on any atom is -0.484 e. The Morgan fingerprint density at radius 3 is 2.41 bits per heavy atom. The molecule has 8 nitrogen and oxygen atoms in total. The summed E-state index contributed by atoms with van der Waals surface area (Å²) >= 11 is 0. The molecule has 0 aliphatic carbocycles. The van der Waals surface area contributed by atoms with Crippen LogP contribution in [0.1, 0.15) is 5.56 Å². The molecule has 142 valence electrons. The molecule has 0 atom stereocenters. The van der Waals surface area contributed by atoms with E-state index in [0.29, 0.717) is 37.9 Å². The van der Waals surface area contributed by atoms with Crippen molar-refractivity contribution in [2.45, 2.75) is 6.92 Å². The Bertz CT molecular complexity index is 759. The van der Waals surface area contributed by atoms with Crippen molar-refractivity contribution in [2.24, 2.45) is 0 Å². The van der Waals surface area contributed by atoms with E-state index in [9.17, 15) is 9.59 Å². The molecule has 1 N–H and O–H groups in total. The quantitative estimate of drug-likeness (QED) is 0.804. The number of nitrogens with one attached hydrogen (secondary N) is 1. The number of carbonyl (C=O) groups is 2. The molecule has 8 heteroatoms. The van der Waals surface area contributed by atoms with Crippen molar-refractivity contribution >= 4 is 17.8 Å². The number of aryl methyl sites for hydroxylation is 1. The predicted octanol–water partition coefficient (Wildman–Crippen LogP) is 0.629. The highest BCUT2D eigenvalue weighted by atomic mass is 16.5. The maximum Gasteiger partial charge on any atom is 0.258 e. The second-order valence-corrected chi connectivity index (χ2v) is 6.30. The van der Waals surface area contributed by atoms with Crippen LogP contribution in [0, 0.1) is 6.92 Å². The third-order valence-electron chi connectivity index (χ3n) is 4.30. The van der Waals surface area contributed by atoms with E-state index in [-0.39, 0.29) is 25.0 Å². The number of rotatable bonds is 6. The summed E-state index contributed by atoms with van der Waals surface area (Å²) in [5.41, 5.74) is 1.12. The fourth-order valence-electron chi connectivity index (χ4n) is 2.73. The van der Waals surface area contributed by atoms with Crippen LogP contribution in [-0.2, 0) is 9.59 Å². The van der Waals surface area contributed by atoms with Crippen LogP contribution in [0.25, 0.3) is 0 Å². The number of benzene rings is 1. The number of hydrogen-bond acceptors (Lipinski definition) is 6. The average molecular weight is 369 g/mol. The first-order valence-corrected chi connectivity index (χ1v) is 8.88. The normalized spacial score (nSPS) is 14.0. The van der Waals surface area contributed by atoms with Gasteiger partial charge in [-0.15, -0.1) is 0 Å². The lowest BCUT2D eigenvalue weighted by Crippen LogP contribution is -2.51. The van der Waals surface area contributed by atoms with E-state index in [2.05, 4.69) is 15.3 Å². The number of hydrogen-bond donors (Lipinski definition) is 1. The molecular formula is C19H23N5O3. The van der Waals surface area contributed by atoms with Crippen molar-refractivity contribution in [1.82, 2.24) is 20.2 Å². The molecule has 0 bridgehead atoms. The van der Waals surface area contributed by atoms with E-state index in [0.717, 1.165) is 5.56 Å². The Labute approximate surface area is 158 Å². The Hall–Kier alpha value is -3.16. The Morgan fingerprint density at radius 1 is 1.07 bits per heavy atom. The lowest BCUT2D eigenvalue weighted by atomic mass is 10.2. The molecule has 2 aromatic rings. The molecule has 1 aliphatic rings. The number of carbonyl (C=O) groups excluding carboxylic acids is 2. The van der Waals surface area contributed by atoms with Crippen molar-refractivity contribution in [3.05, 3.63) is 48.3 Å². The van der Waals surface area contributed by atoms with Crippen molar-refractivity contribution in [1.29, 1.82) is 0 Å². The Balaban J connectivity index is 1.37. The first-order valence-electron chi connectivity index (χ1n) is 8.88. The maximum absolute atomic E-state index is 12.3. The third-order valence-corrected chi connectivity index (χ3v) is 4.30. The van der Waals surface area contributed by atoms with Gasteiger partial charge in [-0.1, -0.05) is 17.7 Å². The number of anilines is 1. The minimum absolute atomic E-state index is 0.0298. The molecule has 0 unspecified atom stereocenters. The summed E-state index contributed by atoms with van der Waals surface area (Å²) in [6.45, 7) is 4.32. The van der Waals surface area contributed by atoms with Crippen molar-refractivity contribution in [3.8, 4) is 5.75 Å². The van der Waals surface area contributed by atoms with Crippen LogP contribution in [0.15, 0.2) is 42.7 Å². The molecule has 2 heterocycles. The highest BCUT2D eigenvalue weighted by molar-refractivity contribution is 5.85. The van der Waals surface area contributed by atoms with Crippen molar-refractivity contribution < 1.29 is 14.3 Å². The number of piperazine rings is 1. The molecule has 3 rings (SSSR count). The maximum atomic E-state index is 12.3. The van der Waals surface area contributed by atoms with Gasteiger partial charge in [0, 0.05) is 38.6 Å². The molecular weight excluding hydrogens is 346 g/mol. The highest BCUT2D eigenvalue weighted by Crippen LogP contribution is 2.11. The van der Waals surface area contributed by atoms with Gasteiger partial charge in [-0.25, -0.2) is 9.97 Å². The van der Waals surface area contributed by atoms with Gasteiger partial charge in [0.1, 0.15) is 5.75 Å². The minimum atomic E-state index is -0.319. The molecule has 1 aromatic carbocycles. The number of ether oxygens (including phenoxy) is 1. The summed E-state index contributed by atoms with van der Waals surface area (Å²) in [7, 11) is 0. The van der Waals surface area contributed by atoms with Gasteiger partial charge >= 0.3 is 0 Å². The fraction of sp³-hybridized carbons (Fsp3) is 0.368. The Morgan fingerprint density at radius 2 is 1.74 bits per heavy atom. The van der Waals surface area contributed by atoms with E-state index in [1.54, 1.807) is 23.4 Å². The molecule has 1 fully saturated rings. The molecule has 2 amide bonds. The molecule has 1 saturated heterocycles. The number of aromatic nitrogens is 2. The van der Waals surface area contributed by atoms with Crippen LogP contribution in [0.4, 0.5) is 5.95 Å². The van der Waals surface area contributed by atoms with Gasteiger partial charge in [0.2, 0.25) is 11.9 Å². The van der Waals surface area contributed by atoms with Gasteiger partial charge in [0.05, 0.1) is 6.54 Å². The zero-order valence-corrected chi connectivity index (χ0v) is 15.3. The summed E-state index contributed by atoms with van der Waals surface area (Å²) in [6.07, 6.45) is 3.40. The zero-order chi connectivity index (χ0) is 19.1. The van der Waals surface area contributed by atoms with Gasteiger partial charge in [-0.05, 0) is 25.1 Å². The Kier molecular flexibility index (Phi) is 6.19. The molecule has 0 saturated carbocycles. The number of nitrogens with zero attached hydrogens (tertiary/aromatic N) is 4. The van der Waals surface area contributed by atoms with Crippen LogP contribution < -0.4 is 15.0 Å². The lowest BCUT2D eigenvalue weighted by molar-refractivity contribution is -0.133. The molecule has 0 spiro atoms. The summed E-state index contributed by atoms with van der Waals surface area (Å²) in [5, 5.41) is 2.61. The average Bonchev–Trinajstić information content (AvgIpc) is 2.72. The van der Waals surface area contributed by atoms with Crippen molar-refractivity contribution in [2.75, 3.05) is 44.2 Å². The zero-order valence-electron chi connectivity index (χ0n) is 15.3. The van der Waals surface area contributed by atoms with Crippen molar-refractivity contribution in [3.63, 3.8) is 0 Å². The van der Waals surface area contributed by atoms with Crippen LogP contribution in [0.5, 0.6) is 5.75 Å². The SMILES string of the molecule is Cc1ccc(OCC(=O)NCC(=O)N2CCN(c3ncccn3)CC2)cc1. The molecule has 1 aliphatic heterocycles. The highest BCUT2D eigenvalue weighted by Gasteiger charge is 2.22. The predicted molar refractivity (Wildman–Crippen MR) is 101 cm³/mol. The van der Waals surface area contributed by atoms with Gasteiger partial charge in [0.15, 0.2) is 6.61 Å². The first-order chi connectivity index (χ1) is 13.1. The molecule has 27 heavy (non-hydrogen) atoms. The van der Waals surface area contributed by atoms with Crippen LogP contribution in [-0.4, -0.2) is 66.0 Å². The third kappa shape index (κ3) is 5.40. The summed E-state index contributed by atoms with van der Waals surface area (Å²) in [5.74, 6) is 0.875. The standard InChI is InChI=1S/C19H23N5O3/c1-15-3-5-16(6-4-15)27-14-17(25)22-13-18(26)23-9-11-24(12-10-23)19-20-7-2-8-21-19/h2-8H,9-14H2,1H3,(H,22,25). The summed E-state index contributed by atoms with van der Waals surface area (Å²) in [6, 6.07) is 9.22. The number of amides is 2. The van der Waals surface area contributed by atoms with E-state index < -0.39 is 0 Å². The van der Waals surface area contributed by atoms with Gasteiger partial charge in [-0.2, -0.15) is 0 Å². The lowest BCUT2D eigenvalue weighted by Gasteiger charge is -2.34. The largest absolute Gasteiger partial charge is 0.484 e. The second kappa shape index (κ2) is 8.98.